The first-order chi connectivity index (χ1) is 9.72. The average molecular weight is 275 g/mol. The van der Waals surface area contributed by atoms with Crippen LogP contribution in [0.5, 0.6) is 5.75 Å². The normalized spacial score (nSPS) is 16.3. The van der Waals surface area contributed by atoms with E-state index in [-0.39, 0.29) is 18.5 Å². The number of aryl methyl sites for hydroxylation is 1. The second kappa shape index (κ2) is 6.92. The van der Waals surface area contributed by atoms with Crippen molar-refractivity contribution in [3.63, 3.8) is 0 Å². The van der Waals surface area contributed by atoms with Gasteiger partial charge in [-0.25, -0.2) is 0 Å². The van der Waals surface area contributed by atoms with E-state index < -0.39 is 0 Å². The predicted molar refractivity (Wildman–Crippen MR) is 71.3 cm³/mol. The molecule has 0 amide bonds. The van der Waals surface area contributed by atoms with Crippen LogP contribution >= 0.6 is 0 Å². The Morgan fingerprint density at radius 3 is 3.00 bits per heavy atom. The van der Waals surface area contributed by atoms with Crippen molar-refractivity contribution in [1.82, 2.24) is 0 Å². The summed E-state index contributed by atoms with van der Waals surface area (Å²) in [5, 5.41) is 9.15. The Balaban J connectivity index is 1.94. The number of rotatable bonds is 7. The molecule has 0 aromatic heterocycles. The fourth-order valence-corrected chi connectivity index (χ4v) is 1.79. The Bertz CT molecular complexity index is 517. The number of nitrogens with zero attached hydrogens (tertiary/aromatic N) is 1. The van der Waals surface area contributed by atoms with E-state index in [9.17, 15) is 4.79 Å². The third-order valence-electron chi connectivity index (χ3n) is 2.94. The van der Waals surface area contributed by atoms with Crippen molar-refractivity contribution in [2.75, 3.05) is 19.8 Å². The Morgan fingerprint density at radius 1 is 1.55 bits per heavy atom. The van der Waals surface area contributed by atoms with Crippen LogP contribution in [-0.4, -0.2) is 31.9 Å². The van der Waals surface area contributed by atoms with E-state index >= 15 is 0 Å². The van der Waals surface area contributed by atoms with Crippen molar-refractivity contribution >= 4 is 5.97 Å². The molecule has 5 nitrogen and oxygen atoms in total. The summed E-state index contributed by atoms with van der Waals surface area (Å²) in [4.78, 5) is 11.3. The molecule has 0 N–H and O–H groups in total. The van der Waals surface area contributed by atoms with Gasteiger partial charge in [0.2, 0.25) is 0 Å². The Hall–Kier alpha value is -2.06. The van der Waals surface area contributed by atoms with E-state index in [1.54, 1.807) is 13.0 Å². The van der Waals surface area contributed by atoms with Crippen LogP contribution in [-0.2, 0) is 20.7 Å². The van der Waals surface area contributed by atoms with Crippen molar-refractivity contribution in [1.29, 1.82) is 5.26 Å². The van der Waals surface area contributed by atoms with Crippen molar-refractivity contribution in [2.45, 2.75) is 25.9 Å². The van der Waals surface area contributed by atoms with Crippen molar-refractivity contribution in [3.8, 4) is 11.8 Å². The highest BCUT2D eigenvalue weighted by Crippen LogP contribution is 2.20. The molecule has 1 atom stereocenters. The molecule has 0 spiro atoms. The first-order valence-electron chi connectivity index (χ1n) is 6.66. The lowest BCUT2D eigenvalue weighted by Crippen LogP contribution is -2.07. The molecule has 1 aromatic carbocycles. The van der Waals surface area contributed by atoms with Gasteiger partial charge < -0.3 is 14.2 Å². The second-order valence-electron chi connectivity index (χ2n) is 4.50. The molecule has 1 aliphatic heterocycles. The minimum absolute atomic E-state index is 0.184. The van der Waals surface area contributed by atoms with Crippen LogP contribution in [0, 0.1) is 11.3 Å². The molecule has 0 bridgehead atoms. The maximum absolute atomic E-state index is 11.3. The monoisotopic (exact) mass is 275 g/mol. The number of hydrogen-bond donors (Lipinski definition) is 0. The summed E-state index contributed by atoms with van der Waals surface area (Å²) in [6, 6.07) is 7.46. The van der Waals surface area contributed by atoms with E-state index in [1.807, 2.05) is 12.1 Å². The van der Waals surface area contributed by atoms with Gasteiger partial charge in [0.15, 0.2) is 0 Å². The molecule has 5 heteroatoms. The lowest BCUT2D eigenvalue weighted by molar-refractivity contribution is -0.143. The summed E-state index contributed by atoms with van der Waals surface area (Å²) in [6.07, 6.45) is 0.955. The van der Waals surface area contributed by atoms with Gasteiger partial charge in [-0.1, -0.05) is 6.07 Å². The number of carbonyl (C=O) groups excluding carboxylic acids is 1. The van der Waals surface area contributed by atoms with Crippen molar-refractivity contribution in [3.05, 3.63) is 29.3 Å². The summed E-state index contributed by atoms with van der Waals surface area (Å²) in [6.45, 7) is 3.39. The molecular formula is C15H17NO4. The zero-order valence-corrected chi connectivity index (χ0v) is 11.4. The number of benzene rings is 1. The lowest BCUT2D eigenvalue weighted by Gasteiger charge is -2.08. The number of esters is 1. The lowest BCUT2D eigenvalue weighted by atomic mass is 10.0. The van der Waals surface area contributed by atoms with Crippen LogP contribution in [0.15, 0.2) is 18.2 Å². The quantitative estimate of drug-likeness (QED) is 0.560. The van der Waals surface area contributed by atoms with Crippen molar-refractivity contribution in [2.24, 2.45) is 0 Å². The van der Waals surface area contributed by atoms with Crippen LogP contribution < -0.4 is 4.74 Å². The van der Waals surface area contributed by atoms with E-state index in [0.29, 0.717) is 30.9 Å². The van der Waals surface area contributed by atoms with Gasteiger partial charge in [-0.2, -0.15) is 5.26 Å². The molecule has 1 aromatic rings. The number of hydrogen-bond acceptors (Lipinski definition) is 5. The van der Waals surface area contributed by atoms with E-state index in [1.165, 1.54) is 0 Å². The molecule has 1 aliphatic rings. The molecular weight excluding hydrogens is 258 g/mol. The summed E-state index contributed by atoms with van der Waals surface area (Å²) in [5.41, 5.74) is 1.36. The number of epoxide rings is 1. The molecule has 0 radical (unpaired) electrons. The largest absolute Gasteiger partial charge is 0.491 e. The SMILES string of the molecule is CCOC(=O)CCc1ccc(OC[C@H]2CO2)cc1C#N. The van der Waals surface area contributed by atoms with Gasteiger partial charge in [-0.05, 0) is 31.0 Å². The first-order valence-corrected chi connectivity index (χ1v) is 6.66. The van der Waals surface area contributed by atoms with Crippen LogP contribution in [0.3, 0.4) is 0 Å². The number of carbonyl (C=O) groups is 1. The second-order valence-corrected chi connectivity index (χ2v) is 4.50. The average Bonchev–Trinajstić information content (AvgIpc) is 3.27. The maximum atomic E-state index is 11.3. The van der Waals surface area contributed by atoms with Gasteiger partial charge in [-0.3, -0.25) is 4.79 Å². The maximum Gasteiger partial charge on any atom is 0.306 e. The van der Waals surface area contributed by atoms with Gasteiger partial charge in [0, 0.05) is 6.42 Å². The van der Waals surface area contributed by atoms with E-state index in [2.05, 4.69) is 6.07 Å². The van der Waals surface area contributed by atoms with Crippen LogP contribution in [0.4, 0.5) is 0 Å². The predicted octanol–water partition coefficient (Wildman–Crippen LogP) is 1.83. The highest BCUT2D eigenvalue weighted by atomic mass is 16.6. The fraction of sp³-hybridized carbons (Fsp3) is 0.467. The van der Waals surface area contributed by atoms with Gasteiger partial charge in [-0.15, -0.1) is 0 Å². The zero-order valence-electron chi connectivity index (χ0n) is 11.4. The Kier molecular flexibility index (Phi) is 4.97. The highest BCUT2D eigenvalue weighted by molar-refractivity contribution is 5.69. The summed E-state index contributed by atoms with van der Waals surface area (Å²) in [7, 11) is 0. The molecule has 1 fully saturated rings. The third kappa shape index (κ3) is 4.25. The molecule has 1 heterocycles. The molecule has 0 unspecified atom stereocenters. The third-order valence-corrected chi connectivity index (χ3v) is 2.94. The summed E-state index contributed by atoms with van der Waals surface area (Å²) >= 11 is 0. The highest BCUT2D eigenvalue weighted by Gasteiger charge is 2.23. The van der Waals surface area contributed by atoms with Crippen LogP contribution in [0.1, 0.15) is 24.5 Å². The first kappa shape index (κ1) is 14.4. The van der Waals surface area contributed by atoms with E-state index in [4.69, 9.17) is 19.5 Å². The smallest absolute Gasteiger partial charge is 0.306 e. The van der Waals surface area contributed by atoms with Gasteiger partial charge >= 0.3 is 5.97 Å². The number of ether oxygens (including phenoxy) is 3. The van der Waals surface area contributed by atoms with E-state index in [0.717, 1.165) is 12.2 Å². The molecule has 20 heavy (non-hydrogen) atoms. The van der Waals surface area contributed by atoms with Gasteiger partial charge in [0.05, 0.1) is 24.8 Å². The van der Waals surface area contributed by atoms with Crippen LogP contribution in [0.25, 0.3) is 0 Å². The summed E-state index contributed by atoms with van der Waals surface area (Å²) < 4.78 is 15.5. The molecule has 2 rings (SSSR count). The molecule has 0 aliphatic carbocycles. The van der Waals surface area contributed by atoms with Crippen LogP contribution in [0.2, 0.25) is 0 Å². The Labute approximate surface area is 118 Å². The molecule has 0 saturated carbocycles. The van der Waals surface area contributed by atoms with Gasteiger partial charge in [0.1, 0.15) is 18.5 Å². The minimum Gasteiger partial charge on any atom is -0.491 e. The standard InChI is InChI=1S/C15H17NO4/c1-2-18-15(17)6-4-11-3-5-13(7-12(11)8-16)19-9-14-10-20-14/h3,5,7,14H,2,4,6,9-10H2,1H3/t14-/m0/s1. The fourth-order valence-electron chi connectivity index (χ4n) is 1.79. The zero-order chi connectivity index (χ0) is 14.4. The number of nitriles is 1. The Morgan fingerprint density at radius 2 is 2.35 bits per heavy atom. The van der Waals surface area contributed by atoms with Crippen molar-refractivity contribution < 1.29 is 19.0 Å². The minimum atomic E-state index is -0.248. The summed E-state index contributed by atoms with van der Waals surface area (Å²) in [5.74, 6) is 0.402. The molecule has 106 valence electrons. The van der Waals surface area contributed by atoms with Gasteiger partial charge in [0.25, 0.3) is 0 Å². The topological polar surface area (TPSA) is 71.8 Å². The molecule has 1 saturated heterocycles.